The average molecular weight is 329 g/mol. The molecule has 3 rings (SSSR count). The van der Waals surface area contributed by atoms with Gasteiger partial charge in [-0.1, -0.05) is 37.3 Å². The van der Waals surface area contributed by atoms with Crippen molar-refractivity contribution >= 4 is 5.91 Å². The molecule has 2 aliphatic heterocycles. The van der Waals surface area contributed by atoms with Crippen LogP contribution >= 0.6 is 0 Å². The van der Waals surface area contributed by atoms with E-state index in [2.05, 4.69) is 47.5 Å². The number of nitrogens with one attached hydrogen (secondary N) is 1. The van der Waals surface area contributed by atoms with Gasteiger partial charge in [0.05, 0.1) is 0 Å². The number of rotatable bonds is 6. The SMILES string of the molecule is CC(CC(=O)N1CCCC1CCc1ccccc1)C1CCCNC1. The highest BCUT2D eigenvalue weighted by Crippen LogP contribution is 2.27. The molecule has 3 unspecified atom stereocenters. The first-order chi connectivity index (χ1) is 11.7. The van der Waals surface area contributed by atoms with Crippen LogP contribution in [0.3, 0.4) is 0 Å². The molecule has 1 aromatic rings. The summed E-state index contributed by atoms with van der Waals surface area (Å²) in [6.07, 6.45) is 7.80. The second kappa shape index (κ2) is 8.66. The lowest BCUT2D eigenvalue weighted by molar-refractivity contribution is -0.133. The molecular weight excluding hydrogens is 296 g/mol. The Labute approximate surface area is 146 Å². The molecule has 0 bridgehead atoms. The zero-order chi connectivity index (χ0) is 16.8. The molecule has 0 spiro atoms. The standard InChI is InChI=1S/C21H32N2O/c1-17(19-9-5-13-22-16-19)15-21(24)23-14-6-10-20(23)12-11-18-7-3-2-4-8-18/h2-4,7-8,17,19-20,22H,5-6,9-16H2,1H3. The van der Waals surface area contributed by atoms with Gasteiger partial charge < -0.3 is 10.2 Å². The van der Waals surface area contributed by atoms with E-state index in [1.807, 2.05) is 0 Å². The first-order valence-corrected chi connectivity index (χ1v) is 9.78. The monoisotopic (exact) mass is 328 g/mol. The maximum Gasteiger partial charge on any atom is 0.223 e. The van der Waals surface area contributed by atoms with Crippen LogP contribution in [-0.4, -0.2) is 36.5 Å². The molecular formula is C21H32N2O. The quantitative estimate of drug-likeness (QED) is 0.865. The number of aryl methyl sites for hydroxylation is 1. The molecule has 2 heterocycles. The lowest BCUT2D eigenvalue weighted by Crippen LogP contribution is -2.39. The molecule has 2 fully saturated rings. The first-order valence-electron chi connectivity index (χ1n) is 9.78. The topological polar surface area (TPSA) is 32.3 Å². The van der Waals surface area contributed by atoms with Gasteiger partial charge in [-0.3, -0.25) is 4.79 Å². The maximum absolute atomic E-state index is 12.8. The highest BCUT2D eigenvalue weighted by atomic mass is 16.2. The molecule has 0 radical (unpaired) electrons. The molecule has 2 saturated heterocycles. The third-order valence-corrected chi connectivity index (χ3v) is 5.94. The van der Waals surface area contributed by atoms with E-state index in [9.17, 15) is 4.79 Å². The Morgan fingerprint density at radius 1 is 1.25 bits per heavy atom. The minimum absolute atomic E-state index is 0.392. The number of benzene rings is 1. The van der Waals surface area contributed by atoms with E-state index in [0.29, 0.717) is 23.8 Å². The molecule has 1 amide bonds. The van der Waals surface area contributed by atoms with Crippen LogP contribution < -0.4 is 5.32 Å². The molecule has 132 valence electrons. The Morgan fingerprint density at radius 2 is 2.08 bits per heavy atom. The van der Waals surface area contributed by atoms with E-state index in [0.717, 1.165) is 38.9 Å². The van der Waals surface area contributed by atoms with Crippen LogP contribution in [0.15, 0.2) is 30.3 Å². The smallest absolute Gasteiger partial charge is 0.223 e. The van der Waals surface area contributed by atoms with Crippen LogP contribution in [0.1, 0.15) is 51.0 Å². The molecule has 0 saturated carbocycles. The van der Waals surface area contributed by atoms with Crippen molar-refractivity contribution < 1.29 is 4.79 Å². The number of carbonyl (C=O) groups is 1. The Bertz CT molecular complexity index is 510. The van der Waals surface area contributed by atoms with E-state index in [1.165, 1.54) is 31.2 Å². The second-order valence-corrected chi connectivity index (χ2v) is 7.70. The summed E-state index contributed by atoms with van der Waals surface area (Å²) in [5, 5.41) is 3.48. The summed E-state index contributed by atoms with van der Waals surface area (Å²) >= 11 is 0. The van der Waals surface area contributed by atoms with Gasteiger partial charge in [-0.2, -0.15) is 0 Å². The highest BCUT2D eigenvalue weighted by molar-refractivity contribution is 5.77. The summed E-state index contributed by atoms with van der Waals surface area (Å²) in [5.41, 5.74) is 1.39. The summed E-state index contributed by atoms with van der Waals surface area (Å²) in [6, 6.07) is 11.1. The molecule has 1 N–H and O–H groups in total. The lowest BCUT2D eigenvalue weighted by Gasteiger charge is -2.31. The van der Waals surface area contributed by atoms with Crippen molar-refractivity contribution in [2.24, 2.45) is 11.8 Å². The van der Waals surface area contributed by atoms with Gasteiger partial charge in [0.15, 0.2) is 0 Å². The highest BCUT2D eigenvalue weighted by Gasteiger charge is 2.30. The average Bonchev–Trinajstić information content (AvgIpc) is 3.10. The van der Waals surface area contributed by atoms with Crippen molar-refractivity contribution in [2.45, 2.75) is 57.9 Å². The molecule has 3 atom stereocenters. The first kappa shape index (κ1) is 17.5. The molecule has 24 heavy (non-hydrogen) atoms. The van der Waals surface area contributed by atoms with Crippen LogP contribution in [0.2, 0.25) is 0 Å². The van der Waals surface area contributed by atoms with Crippen LogP contribution in [0.25, 0.3) is 0 Å². The van der Waals surface area contributed by atoms with Crippen LogP contribution in [0, 0.1) is 11.8 Å². The van der Waals surface area contributed by atoms with E-state index >= 15 is 0 Å². The fourth-order valence-electron chi connectivity index (χ4n) is 4.37. The molecule has 2 aliphatic rings. The predicted molar refractivity (Wildman–Crippen MR) is 98.9 cm³/mol. The number of likely N-dealkylation sites (tertiary alicyclic amines) is 1. The van der Waals surface area contributed by atoms with Crippen LogP contribution in [0.4, 0.5) is 0 Å². The number of hydrogen-bond acceptors (Lipinski definition) is 2. The minimum Gasteiger partial charge on any atom is -0.340 e. The van der Waals surface area contributed by atoms with E-state index in [1.54, 1.807) is 0 Å². The third-order valence-electron chi connectivity index (χ3n) is 5.94. The van der Waals surface area contributed by atoms with Gasteiger partial charge in [-0.05, 0) is 69.0 Å². The van der Waals surface area contributed by atoms with Gasteiger partial charge in [-0.15, -0.1) is 0 Å². The van der Waals surface area contributed by atoms with Gasteiger partial charge in [0, 0.05) is 19.0 Å². The predicted octanol–water partition coefficient (Wildman–Crippen LogP) is 3.64. The fourth-order valence-corrected chi connectivity index (χ4v) is 4.37. The Morgan fingerprint density at radius 3 is 2.83 bits per heavy atom. The summed E-state index contributed by atoms with van der Waals surface area (Å²) in [7, 11) is 0. The van der Waals surface area contributed by atoms with Crippen molar-refractivity contribution in [1.82, 2.24) is 10.2 Å². The van der Waals surface area contributed by atoms with Gasteiger partial charge in [-0.25, -0.2) is 0 Å². The summed E-state index contributed by atoms with van der Waals surface area (Å²) in [5.74, 6) is 1.57. The summed E-state index contributed by atoms with van der Waals surface area (Å²) in [4.78, 5) is 15.0. The fraction of sp³-hybridized carbons (Fsp3) is 0.667. The second-order valence-electron chi connectivity index (χ2n) is 7.70. The third kappa shape index (κ3) is 4.60. The molecule has 0 aromatic heterocycles. The van der Waals surface area contributed by atoms with Gasteiger partial charge in [0.1, 0.15) is 0 Å². The number of hydrogen-bond donors (Lipinski definition) is 1. The largest absolute Gasteiger partial charge is 0.340 e. The number of carbonyl (C=O) groups excluding carboxylic acids is 1. The molecule has 3 nitrogen and oxygen atoms in total. The van der Waals surface area contributed by atoms with E-state index in [-0.39, 0.29) is 0 Å². The lowest BCUT2D eigenvalue weighted by atomic mass is 9.85. The van der Waals surface area contributed by atoms with Crippen molar-refractivity contribution in [2.75, 3.05) is 19.6 Å². The summed E-state index contributed by atoms with van der Waals surface area (Å²) in [6.45, 7) is 5.47. The van der Waals surface area contributed by atoms with Crippen molar-refractivity contribution in [3.8, 4) is 0 Å². The van der Waals surface area contributed by atoms with Crippen LogP contribution in [-0.2, 0) is 11.2 Å². The summed E-state index contributed by atoms with van der Waals surface area (Å²) < 4.78 is 0. The van der Waals surface area contributed by atoms with Crippen molar-refractivity contribution in [1.29, 1.82) is 0 Å². The van der Waals surface area contributed by atoms with Crippen LogP contribution in [0.5, 0.6) is 0 Å². The zero-order valence-corrected chi connectivity index (χ0v) is 15.0. The van der Waals surface area contributed by atoms with E-state index < -0.39 is 0 Å². The van der Waals surface area contributed by atoms with Gasteiger partial charge >= 0.3 is 0 Å². The number of amides is 1. The molecule has 3 heteroatoms. The van der Waals surface area contributed by atoms with Crippen molar-refractivity contribution in [3.05, 3.63) is 35.9 Å². The number of piperidine rings is 1. The minimum atomic E-state index is 0.392. The Kier molecular flexibility index (Phi) is 6.30. The van der Waals surface area contributed by atoms with E-state index in [4.69, 9.17) is 0 Å². The normalized spacial score (nSPS) is 25.6. The Balaban J connectivity index is 1.49. The van der Waals surface area contributed by atoms with Gasteiger partial charge in [0.2, 0.25) is 5.91 Å². The Hall–Kier alpha value is -1.35. The zero-order valence-electron chi connectivity index (χ0n) is 15.0. The maximum atomic E-state index is 12.8. The number of nitrogens with zero attached hydrogens (tertiary/aromatic N) is 1. The van der Waals surface area contributed by atoms with Crippen molar-refractivity contribution in [3.63, 3.8) is 0 Å². The van der Waals surface area contributed by atoms with Gasteiger partial charge in [0.25, 0.3) is 0 Å². The molecule has 0 aliphatic carbocycles. The molecule has 1 aromatic carbocycles.